The molecule has 1 fully saturated rings. The molecule has 1 saturated heterocycles. The Balaban J connectivity index is 2.12. The van der Waals surface area contributed by atoms with E-state index in [2.05, 4.69) is 38.8 Å². The van der Waals surface area contributed by atoms with Crippen molar-refractivity contribution in [3.8, 4) is 0 Å². The van der Waals surface area contributed by atoms with Crippen LogP contribution in [0.25, 0.3) is 0 Å². The van der Waals surface area contributed by atoms with Crippen LogP contribution in [0.3, 0.4) is 0 Å². The van der Waals surface area contributed by atoms with Crippen molar-refractivity contribution in [2.75, 3.05) is 38.1 Å². The van der Waals surface area contributed by atoms with Crippen LogP contribution >= 0.6 is 27.5 Å². The van der Waals surface area contributed by atoms with E-state index in [4.69, 9.17) is 11.6 Å². The summed E-state index contributed by atoms with van der Waals surface area (Å²) in [6, 6.07) is 6.15. The first-order chi connectivity index (χ1) is 7.16. The number of hydrogen-bond donors (Lipinski definition) is 0. The van der Waals surface area contributed by atoms with E-state index < -0.39 is 0 Å². The molecular weight excluding hydrogens is 275 g/mol. The molecule has 82 valence electrons. The van der Waals surface area contributed by atoms with Crippen LogP contribution in [-0.2, 0) is 0 Å². The van der Waals surface area contributed by atoms with Crippen LogP contribution in [0.1, 0.15) is 0 Å². The lowest BCUT2D eigenvalue weighted by molar-refractivity contribution is 0.313. The number of piperazine rings is 1. The zero-order valence-electron chi connectivity index (χ0n) is 8.71. The Morgan fingerprint density at radius 3 is 2.47 bits per heavy atom. The Kier molecular flexibility index (Phi) is 3.54. The molecule has 0 bridgehead atoms. The number of anilines is 1. The first-order valence-corrected chi connectivity index (χ1v) is 6.22. The van der Waals surface area contributed by atoms with Gasteiger partial charge in [0.05, 0.1) is 5.02 Å². The largest absolute Gasteiger partial charge is 0.369 e. The van der Waals surface area contributed by atoms with Crippen LogP contribution in [-0.4, -0.2) is 38.1 Å². The molecule has 0 aromatic heterocycles. The van der Waals surface area contributed by atoms with Gasteiger partial charge >= 0.3 is 0 Å². The fourth-order valence-electron chi connectivity index (χ4n) is 1.75. The second-order valence-corrected chi connectivity index (χ2v) is 5.15. The summed E-state index contributed by atoms with van der Waals surface area (Å²) in [5.41, 5.74) is 1.22. The number of likely N-dealkylation sites (N-methyl/N-ethyl adjacent to an activating group) is 1. The molecule has 0 saturated carbocycles. The van der Waals surface area contributed by atoms with Gasteiger partial charge in [-0.2, -0.15) is 0 Å². The molecule has 0 radical (unpaired) electrons. The van der Waals surface area contributed by atoms with E-state index in [1.54, 1.807) is 0 Å². The molecule has 2 nitrogen and oxygen atoms in total. The maximum absolute atomic E-state index is 6.08. The molecule has 0 unspecified atom stereocenters. The Bertz CT molecular complexity index is 348. The van der Waals surface area contributed by atoms with E-state index in [1.165, 1.54) is 5.69 Å². The smallest absolute Gasteiger partial charge is 0.0568 e. The summed E-state index contributed by atoms with van der Waals surface area (Å²) in [6.07, 6.45) is 0. The van der Waals surface area contributed by atoms with Crippen molar-refractivity contribution in [3.63, 3.8) is 0 Å². The van der Waals surface area contributed by atoms with E-state index in [-0.39, 0.29) is 0 Å². The number of hydrogen-bond acceptors (Lipinski definition) is 2. The minimum Gasteiger partial charge on any atom is -0.369 e. The first-order valence-electron chi connectivity index (χ1n) is 5.05. The van der Waals surface area contributed by atoms with E-state index in [0.717, 1.165) is 35.7 Å². The van der Waals surface area contributed by atoms with E-state index >= 15 is 0 Å². The summed E-state index contributed by atoms with van der Waals surface area (Å²) in [6.45, 7) is 4.39. The molecule has 0 aliphatic carbocycles. The molecule has 4 heteroatoms. The Morgan fingerprint density at radius 1 is 1.20 bits per heavy atom. The minimum absolute atomic E-state index is 0.784. The third-order valence-electron chi connectivity index (χ3n) is 2.77. The quantitative estimate of drug-likeness (QED) is 0.784. The Labute approximate surface area is 104 Å². The number of rotatable bonds is 1. The summed E-state index contributed by atoms with van der Waals surface area (Å²) in [5, 5.41) is 0.784. The summed E-state index contributed by atoms with van der Waals surface area (Å²) in [4.78, 5) is 4.72. The van der Waals surface area contributed by atoms with Gasteiger partial charge in [0.1, 0.15) is 0 Å². The molecule has 0 atom stereocenters. The van der Waals surface area contributed by atoms with Crippen LogP contribution in [0.2, 0.25) is 5.02 Å². The average Bonchev–Trinajstić information content (AvgIpc) is 2.23. The van der Waals surface area contributed by atoms with Crippen molar-refractivity contribution >= 4 is 33.2 Å². The highest BCUT2D eigenvalue weighted by atomic mass is 79.9. The SMILES string of the molecule is CN1CCN(c2ccc(Br)c(Cl)c2)CC1. The maximum atomic E-state index is 6.08. The summed E-state index contributed by atoms with van der Waals surface area (Å²) in [5.74, 6) is 0. The van der Waals surface area contributed by atoms with E-state index in [0.29, 0.717) is 0 Å². The van der Waals surface area contributed by atoms with Crippen LogP contribution in [0.5, 0.6) is 0 Å². The van der Waals surface area contributed by atoms with Gasteiger partial charge in [-0.1, -0.05) is 11.6 Å². The molecule has 1 heterocycles. The van der Waals surface area contributed by atoms with Crippen LogP contribution in [0, 0.1) is 0 Å². The van der Waals surface area contributed by atoms with Gasteiger partial charge in [0.2, 0.25) is 0 Å². The van der Waals surface area contributed by atoms with Gasteiger partial charge in [-0.05, 0) is 41.2 Å². The standard InChI is InChI=1S/C11H14BrClN2/c1-14-4-6-15(7-5-14)9-2-3-10(12)11(13)8-9/h2-3,8H,4-7H2,1H3. The summed E-state index contributed by atoms with van der Waals surface area (Å²) in [7, 11) is 2.16. The number of benzene rings is 1. The molecule has 2 rings (SSSR count). The second-order valence-electron chi connectivity index (χ2n) is 3.89. The van der Waals surface area contributed by atoms with Gasteiger partial charge in [-0.25, -0.2) is 0 Å². The zero-order chi connectivity index (χ0) is 10.8. The molecule has 0 amide bonds. The molecule has 1 aliphatic heterocycles. The highest BCUT2D eigenvalue weighted by Crippen LogP contribution is 2.27. The highest BCUT2D eigenvalue weighted by Gasteiger charge is 2.14. The summed E-state index contributed by atoms with van der Waals surface area (Å²) >= 11 is 9.48. The van der Waals surface area contributed by atoms with Crippen molar-refractivity contribution in [1.29, 1.82) is 0 Å². The van der Waals surface area contributed by atoms with Gasteiger partial charge in [0.25, 0.3) is 0 Å². The van der Waals surface area contributed by atoms with E-state index in [9.17, 15) is 0 Å². The first kappa shape index (κ1) is 11.2. The monoisotopic (exact) mass is 288 g/mol. The lowest BCUT2D eigenvalue weighted by Crippen LogP contribution is -2.44. The highest BCUT2D eigenvalue weighted by molar-refractivity contribution is 9.10. The van der Waals surface area contributed by atoms with Gasteiger partial charge < -0.3 is 9.80 Å². The van der Waals surface area contributed by atoms with Crippen LogP contribution < -0.4 is 4.90 Å². The zero-order valence-corrected chi connectivity index (χ0v) is 11.1. The Hall–Kier alpha value is -0.250. The molecule has 1 aliphatic rings. The van der Waals surface area contributed by atoms with Crippen LogP contribution in [0.4, 0.5) is 5.69 Å². The lowest BCUT2D eigenvalue weighted by Gasteiger charge is -2.34. The average molecular weight is 290 g/mol. The van der Waals surface area contributed by atoms with Gasteiger partial charge in [-0.3, -0.25) is 0 Å². The van der Waals surface area contributed by atoms with Gasteiger partial charge in [0.15, 0.2) is 0 Å². The number of nitrogens with zero attached hydrogens (tertiary/aromatic N) is 2. The lowest BCUT2D eigenvalue weighted by atomic mass is 10.2. The normalized spacial score (nSPS) is 18.2. The van der Waals surface area contributed by atoms with Crippen molar-refractivity contribution in [2.45, 2.75) is 0 Å². The molecule has 1 aromatic carbocycles. The van der Waals surface area contributed by atoms with E-state index in [1.807, 2.05) is 12.1 Å². The fourth-order valence-corrected chi connectivity index (χ4v) is 2.17. The third-order valence-corrected chi connectivity index (χ3v) is 4.00. The van der Waals surface area contributed by atoms with Crippen LogP contribution in [0.15, 0.2) is 22.7 Å². The number of halogens is 2. The maximum Gasteiger partial charge on any atom is 0.0568 e. The molecular formula is C11H14BrClN2. The van der Waals surface area contributed by atoms with Crippen molar-refractivity contribution in [3.05, 3.63) is 27.7 Å². The minimum atomic E-state index is 0.784. The third kappa shape index (κ3) is 2.65. The fraction of sp³-hybridized carbons (Fsp3) is 0.455. The summed E-state index contributed by atoms with van der Waals surface area (Å²) < 4.78 is 0.960. The topological polar surface area (TPSA) is 6.48 Å². The van der Waals surface area contributed by atoms with Crippen molar-refractivity contribution in [1.82, 2.24) is 4.90 Å². The predicted molar refractivity (Wildman–Crippen MR) is 68.9 cm³/mol. The van der Waals surface area contributed by atoms with Gasteiger partial charge in [0, 0.05) is 36.3 Å². The van der Waals surface area contributed by atoms with Gasteiger partial charge in [-0.15, -0.1) is 0 Å². The molecule has 15 heavy (non-hydrogen) atoms. The van der Waals surface area contributed by atoms with Crippen molar-refractivity contribution in [2.24, 2.45) is 0 Å². The predicted octanol–water partition coefficient (Wildman–Crippen LogP) is 2.85. The van der Waals surface area contributed by atoms with Crippen molar-refractivity contribution < 1.29 is 0 Å². The molecule has 0 N–H and O–H groups in total. The second kappa shape index (κ2) is 4.73. The molecule has 0 spiro atoms. The Morgan fingerprint density at radius 2 is 1.87 bits per heavy atom. The molecule has 1 aromatic rings.